The van der Waals surface area contributed by atoms with Crippen LogP contribution in [0.2, 0.25) is 22.2 Å². The lowest BCUT2D eigenvalue weighted by atomic mass is 9.79. The fraction of sp³-hybridized carbons (Fsp3) is 0.579. The first kappa shape index (κ1) is 49.9. The summed E-state index contributed by atoms with van der Waals surface area (Å²) in [4.78, 5) is 0. The molecule has 10 bridgehead atoms. The molecule has 1 heterocycles. The molecule has 0 radical (unpaired) electrons. The predicted molar refractivity (Wildman–Crippen MR) is 274 cm³/mol. The van der Waals surface area contributed by atoms with Crippen LogP contribution in [0.15, 0.2) is 48.5 Å². The number of fused-ring (bicyclic) bond motifs is 4. The van der Waals surface area contributed by atoms with Crippen LogP contribution in [-0.2, 0) is 51.5 Å². The molecule has 0 aromatic heterocycles. The van der Waals surface area contributed by atoms with Crippen molar-refractivity contribution < 1.29 is 22.8 Å². The van der Waals surface area contributed by atoms with Gasteiger partial charge in [-0.1, -0.05) is 187 Å². The van der Waals surface area contributed by atoms with Crippen molar-refractivity contribution in [2.45, 2.75) is 208 Å². The number of hydrogen-bond donors (Lipinski definition) is 1. The SMILES string of the molecule is COc1c2cc(C(C)(C)C)cc1Cc1cc(C(C)(C)C)cc3c1O[Si](C(C)C)(C(C)C)O[Si](C(C)C)(C(C)C)Oc1c(cc(C(C)(C)C)cc1C3)Cc1cc(C(C)(C)C)cc(c1O)C2. The first-order valence-electron chi connectivity index (χ1n) is 24.3. The molecule has 2 aliphatic rings. The molecule has 0 spiro atoms. The Hall–Kier alpha value is -3.53. The van der Waals surface area contributed by atoms with E-state index in [1.165, 1.54) is 22.3 Å². The minimum atomic E-state index is -3.20. The number of phenolic OH excluding ortho intramolecular Hbond substituents is 1. The van der Waals surface area contributed by atoms with Gasteiger partial charge < -0.3 is 22.8 Å². The number of rotatable bonds is 5. The summed E-state index contributed by atoms with van der Waals surface area (Å²) < 4.78 is 30.7. The molecule has 5 nitrogen and oxygen atoms in total. The Kier molecular flexibility index (Phi) is 13.5. The van der Waals surface area contributed by atoms with Crippen molar-refractivity contribution in [3.8, 4) is 23.0 Å². The second kappa shape index (κ2) is 17.3. The van der Waals surface area contributed by atoms with Crippen molar-refractivity contribution in [1.29, 1.82) is 0 Å². The number of ether oxygens (including phenoxy) is 1. The van der Waals surface area contributed by atoms with Gasteiger partial charge in [-0.3, -0.25) is 0 Å². The van der Waals surface area contributed by atoms with Crippen LogP contribution >= 0.6 is 0 Å². The van der Waals surface area contributed by atoms with Crippen molar-refractivity contribution in [3.63, 3.8) is 0 Å². The summed E-state index contributed by atoms with van der Waals surface area (Å²) in [5.74, 6) is 3.09. The highest BCUT2D eigenvalue weighted by Crippen LogP contribution is 2.51. The quantitative estimate of drug-likeness (QED) is 0.178. The molecule has 1 aliphatic heterocycles. The molecule has 350 valence electrons. The molecule has 0 fully saturated rings. The van der Waals surface area contributed by atoms with Crippen LogP contribution < -0.4 is 13.6 Å². The lowest BCUT2D eigenvalue weighted by molar-refractivity contribution is 0.270. The summed E-state index contributed by atoms with van der Waals surface area (Å²) >= 11 is 0. The van der Waals surface area contributed by atoms with Crippen molar-refractivity contribution >= 4 is 17.1 Å². The minimum absolute atomic E-state index is 0.114. The highest BCUT2D eigenvalue weighted by Gasteiger charge is 2.59. The largest absolute Gasteiger partial charge is 0.520 e. The molecular formula is C57H84O5Si2. The molecule has 7 heteroatoms. The Bertz CT molecular complexity index is 2340. The molecule has 0 saturated heterocycles. The van der Waals surface area contributed by atoms with Gasteiger partial charge in [-0.2, -0.15) is 0 Å². The average molecular weight is 905 g/mol. The van der Waals surface area contributed by atoms with Gasteiger partial charge in [-0.05, 0) is 88.4 Å². The summed E-state index contributed by atoms with van der Waals surface area (Å²) in [6, 6.07) is 18.8. The molecule has 1 N–H and O–H groups in total. The summed E-state index contributed by atoms with van der Waals surface area (Å²) in [7, 11) is -4.58. The van der Waals surface area contributed by atoms with E-state index in [0.717, 1.165) is 61.8 Å². The van der Waals surface area contributed by atoms with Crippen molar-refractivity contribution in [1.82, 2.24) is 0 Å². The zero-order valence-corrected chi connectivity index (χ0v) is 45.8. The molecule has 0 saturated carbocycles. The summed E-state index contributed by atoms with van der Waals surface area (Å²) in [6.45, 7) is 46.0. The van der Waals surface area contributed by atoms with E-state index in [4.69, 9.17) is 17.7 Å². The molecule has 0 atom stereocenters. The zero-order valence-electron chi connectivity index (χ0n) is 43.8. The van der Waals surface area contributed by atoms with Gasteiger partial charge in [0.05, 0.1) is 7.11 Å². The first-order chi connectivity index (χ1) is 29.3. The summed E-state index contributed by atoms with van der Waals surface area (Å²) in [5.41, 5.74) is 13.4. The Morgan fingerprint density at radius 2 is 0.656 bits per heavy atom. The fourth-order valence-electron chi connectivity index (χ4n) is 10.0. The van der Waals surface area contributed by atoms with E-state index < -0.39 is 17.1 Å². The van der Waals surface area contributed by atoms with E-state index in [-0.39, 0.29) is 43.8 Å². The number of hydrogen-bond acceptors (Lipinski definition) is 5. The van der Waals surface area contributed by atoms with Gasteiger partial charge in [0.1, 0.15) is 23.0 Å². The maximum atomic E-state index is 12.7. The van der Waals surface area contributed by atoms with E-state index >= 15 is 0 Å². The van der Waals surface area contributed by atoms with E-state index in [2.05, 4.69) is 187 Å². The van der Waals surface area contributed by atoms with Crippen molar-refractivity contribution in [2.75, 3.05) is 7.11 Å². The lowest BCUT2D eigenvalue weighted by Gasteiger charge is -2.49. The summed E-state index contributed by atoms with van der Waals surface area (Å²) in [6.07, 6.45) is 2.27. The Morgan fingerprint density at radius 3 is 0.922 bits per heavy atom. The molecule has 0 amide bonds. The van der Waals surface area contributed by atoms with Gasteiger partial charge >= 0.3 is 17.1 Å². The van der Waals surface area contributed by atoms with Gasteiger partial charge in [0, 0.05) is 47.8 Å². The highest BCUT2D eigenvalue weighted by molar-refractivity contribution is 6.84. The fourth-order valence-corrected chi connectivity index (χ4v) is 20.9. The van der Waals surface area contributed by atoms with Crippen LogP contribution in [0.5, 0.6) is 23.0 Å². The molecule has 0 unspecified atom stereocenters. The Balaban J connectivity index is 1.91. The molecule has 64 heavy (non-hydrogen) atoms. The van der Waals surface area contributed by atoms with Crippen LogP contribution in [0.1, 0.15) is 205 Å². The van der Waals surface area contributed by atoms with Crippen LogP contribution in [-0.4, -0.2) is 29.3 Å². The number of methoxy groups -OCH3 is 1. The van der Waals surface area contributed by atoms with E-state index in [9.17, 15) is 5.11 Å². The highest BCUT2D eigenvalue weighted by atomic mass is 28.5. The molecular weight excluding hydrogens is 821 g/mol. The predicted octanol–water partition coefficient (Wildman–Crippen LogP) is 15.6. The van der Waals surface area contributed by atoms with E-state index in [1.807, 2.05) is 0 Å². The molecule has 4 aromatic carbocycles. The topological polar surface area (TPSA) is 57.2 Å². The zero-order chi connectivity index (χ0) is 47.9. The normalized spacial score (nSPS) is 16.7. The number of benzene rings is 4. The maximum Gasteiger partial charge on any atom is 0.396 e. The third-order valence-electron chi connectivity index (χ3n) is 14.2. The standard InChI is InChI=1S/C57H84O5Si2/c1-34(2)63(35(3)4)60-52-42-23-39-27-46(54(9,10)11)26-38(50(39)58)22-40-28-47(55(12,13)14)29-41(51(40)59-21)24-43-31-49(57(18,19)20)33-45(25-44(52)32-48(30-42)56(15,16)17)53(43)61-64(62-63,36(5)6)37(7)8/h26-37,58H,22-25H2,1-21H3. The van der Waals surface area contributed by atoms with Crippen LogP contribution in [0.3, 0.4) is 0 Å². The summed E-state index contributed by atoms with van der Waals surface area (Å²) in [5, 5.41) is 12.7. The van der Waals surface area contributed by atoms with E-state index in [1.54, 1.807) is 7.11 Å². The second-order valence-corrected chi connectivity index (χ2v) is 33.5. The van der Waals surface area contributed by atoms with Crippen molar-refractivity contribution in [2.24, 2.45) is 0 Å². The first-order valence-corrected chi connectivity index (χ1v) is 28.2. The number of phenols is 1. The molecule has 6 rings (SSSR count). The van der Waals surface area contributed by atoms with Crippen molar-refractivity contribution in [3.05, 3.63) is 115 Å². The minimum Gasteiger partial charge on any atom is -0.520 e. The lowest BCUT2D eigenvalue weighted by Crippen LogP contribution is -2.64. The number of aromatic hydroxyl groups is 1. The monoisotopic (exact) mass is 905 g/mol. The third kappa shape index (κ3) is 9.52. The third-order valence-corrected chi connectivity index (χ3v) is 24.3. The second-order valence-electron chi connectivity index (χ2n) is 24.8. The Labute approximate surface area is 391 Å². The van der Waals surface area contributed by atoms with E-state index in [0.29, 0.717) is 31.4 Å². The molecule has 4 aromatic rings. The van der Waals surface area contributed by atoms with Crippen LogP contribution in [0.25, 0.3) is 0 Å². The average Bonchev–Trinajstić information content (AvgIpc) is 3.14. The van der Waals surface area contributed by atoms with Gasteiger partial charge in [-0.25, -0.2) is 0 Å². The smallest absolute Gasteiger partial charge is 0.396 e. The van der Waals surface area contributed by atoms with Crippen LogP contribution in [0.4, 0.5) is 0 Å². The Morgan fingerprint density at radius 1 is 0.422 bits per heavy atom. The maximum absolute atomic E-state index is 12.7. The molecule has 1 aliphatic carbocycles. The van der Waals surface area contributed by atoms with Gasteiger partial charge in [-0.15, -0.1) is 0 Å². The van der Waals surface area contributed by atoms with Gasteiger partial charge in [0.2, 0.25) is 0 Å². The van der Waals surface area contributed by atoms with Crippen LogP contribution in [0, 0.1) is 0 Å². The van der Waals surface area contributed by atoms with Gasteiger partial charge in [0.15, 0.2) is 0 Å². The van der Waals surface area contributed by atoms with Gasteiger partial charge in [0.25, 0.3) is 0 Å².